The smallest absolute Gasteiger partial charge is 0.411 e. The maximum absolute atomic E-state index is 11.5. The van der Waals surface area contributed by atoms with Gasteiger partial charge < -0.3 is 30.2 Å². The number of phenolic OH excluding ortho intramolecular Hbond substituents is 2. The Balaban J connectivity index is 2.05. The van der Waals surface area contributed by atoms with Crippen molar-refractivity contribution in [3.05, 3.63) is 42.6 Å². The van der Waals surface area contributed by atoms with Gasteiger partial charge in [-0.2, -0.15) is 0 Å². The molecule has 1 amide bonds. The third-order valence-electron chi connectivity index (χ3n) is 4.55. The second-order valence-corrected chi connectivity index (χ2v) is 6.30. The Hall–Kier alpha value is -4.54. The van der Waals surface area contributed by atoms with Gasteiger partial charge in [0.15, 0.2) is 11.5 Å². The molecule has 0 unspecified atom stereocenters. The van der Waals surface area contributed by atoms with Crippen molar-refractivity contribution >= 4 is 17.0 Å². The Morgan fingerprint density at radius 1 is 1.06 bits per heavy atom. The number of methoxy groups -OCH3 is 2. The van der Waals surface area contributed by atoms with Gasteiger partial charge in [-0.25, -0.2) is 9.48 Å². The molecule has 11 heteroatoms. The molecule has 0 aliphatic rings. The molecule has 0 aliphatic carbocycles. The van der Waals surface area contributed by atoms with Crippen molar-refractivity contribution < 1.29 is 29.2 Å². The molecule has 4 rings (SSSR count). The number of pyridine rings is 1. The minimum absolute atomic E-state index is 0.0906. The van der Waals surface area contributed by atoms with E-state index in [9.17, 15) is 15.0 Å². The Bertz CT molecular complexity index is 1300. The maximum atomic E-state index is 11.5. The van der Waals surface area contributed by atoms with E-state index in [4.69, 9.17) is 19.9 Å². The number of hydrogen-bond acceptors (Lipinski definition) is 9. The molecular formula is C20H17N5O6. The highest BCUT2D eigenvalue weighted by Gasteiger charge is 2.25. The summed E-state index contributed by atoms with van der Waals surface area (Å²) in [6.07, 6.45) is 0.526. The SMILES string of the molecule is COc1cc(-n2nnc(OC(N)=O)c2-c2ccc(OC)c3ncccc23)c(O)cc1O. The van der Waals surface area contributed by atoms with E-state index in [0.717, 1.165) is 6.07 Å². The number of fused-ring (bicyclic) bond motifs is 1. The van der Waals surface area contributed by atoms with E-state index in [-0.39, 0.29) is 34.5 Å². The minimum atomic E-state index is -1.09. The van der Waals surface area contributed by atoms with Crippen LogP contribution < -0.4 is 19.9 Å². The third-order valence-corrected chi connectivity index (χ3v) is 4.55. The van der Waals surface area contributed by atoms with Crippen LogP contribution >= 0.6 is 0 Å². The van der Waals surface area contributed by atoms with Crippen molar-refractivity contribution in [1.29, 1.82) is 0 Å². The summed E-state index contributed by atoms with van der Waals surface area (Å²) in [6.45, 7) is 0. The zero-order valence-electron chi connectivity index (χ0n) is 16.4. The normalized spacial score (nSPS) is 10.8. The molecular weight excluding hydrogens is 406 g/mol. The first kappa shape index (κ1) is 19.8. The first-order valence-corrected chi connectivity index (χ1v) is 8.90. The number of aromatic hydroxyl groups is 2. The van der Waals surface area contributed by atoms with Gasteiger partial charge in [-0.3, -0.25) is 4.98 Å². The number of ether oxygens (including phenoxy) is 3. The quantitative estimate of drug-likeness (QED) is 0.439. The van der Waals surface area contributed by atoms with Crippen LogP contribution in [0.5, 0.6) is 28.9 Å². The van der Waals surface area contributed by atoms with Gasteiger partial charge in [0.05, 0.1) is 14.2 Å². The fourth-order valence-corrected chi connectivity index (χ4v) is 3.23. The predicted octanol–water partition coefficient (Wildman–Crippen LogP) is 2.37. The summed E-state index contributed by atoms with van der Waals surface area (Å²) in [5, 5.41) is 28.9. The van der Waals surface area contributed by atoms with Crippen molar-refractivity contribution in [2.45, 2.75) is 0 Å². The van der Waals surface area contributed by atoms with Crippen LogP contribution in [0.15, 0.2) is 42.6 Å². The van der Waals surface area contributed by atoms with Crippen LogP contribution in [0.2, 0.25) is 0 Å². The molecule has 2 aromatic carbocycles. The number of amides is 1. The van der Waals surface area contributed by atoms with Crippen LogP contribution in [0.4, 0.5) is 4.79 Å². The Morgan fingerprint density at radius 3 is 2.55 bits per heavy atom. The first-order valence-electron chi connectivity index (χ1n) is 8.90. The minimum Gasteiger partial charge on any atom is -0.506 e. The first-order chi connectivity index (χ1) is 14.9. The molecule has 2 heterocycles. The number of carbonyl (C=O) groups is 1. The van der Waals surface area contributed by atoms with Crippen LogP contribution in [0, 0.1) is 0 Å². The molecule has 2 aromatic heterocycles. The van der Waals surface area contributed by atoms with Crippen LogP contribution in [0.3, 0.4) is 0 Å². The van der Waals surface area contributed by atoms with Crippen LogP contribution in [0.25, 0.3) is 27.8 Å². The van der Waals surface area contributed by atoms with Gasteiger partial charge in [0.25, 0.3) is 5.88 Å². The van der Waals surface area contributed by atoms with Gasteiger partial charge >= 0.3 is 6.09 Å². The lowest BCUT2D eigenvalue weighted by Crippen LogP contribution is -2.17. The van der Waals surface area contributed by atoms with Crippen LogP contribution in [0.1, 0.15) is 0 Å². The van der Waals surface area contributed by atoms with E-state index < -0.39 is 6.09 Å². The van der Waals surface area contributed by atoms with Crippen molar-refractivity contribution in [3.63, 3.8) is 0 Å². The maximum Gasteiger partial charge on any atom is 0.411 e. The molecule has 0 aliphatic heterocycles. The van der Waals surface area contributed by atoms with E-state index in [1.807, 2.05) is 0 Å². The van der Waals surface area contributed by atoms with Gasteiger partial charge in [0, 0.05) is 29.3 Å². The van der Waals surface area contributed by atoms with Crippen molar-refractivity contribution in [2.24, 2.45) is 5.73 Å². The molecule has 0 saturated carbocycles. The van der Waals surface area contributed by atoms with E-state index in [1.54, 1.807) is 30.5 Å². The summed E-state index contributed by atoms with van der Waals surface area (Å²) in [6, 6.07) is 9.38. The standard InChI is InChI=1S/C20H17N5O6/c1-29-15-6-5-11(10-4-3-7-22-17(10)15)18-19(31-20(21)28)23-24-25(18)12-8-16(30-2)14(27)9-13(12)26/h3-9,26-27H,1-2H3,(H2,21,28). The molecule has 0 saturated heterocycles. The molecule has 4 aromatic rings. The molecule has 0 bridgehead atoms. The summed E-state index contributed by atoms with van der Waals surface area (Å²) < 4.78 is 16.8. The van der Waals surface area contributed by atoms with Gasteiger partial charge in [-0.1, -0.05) is 16.4 Å². The fraction of sp³-hybridized carbons (Fsp3) is 0.100. The highest BCUT2D eigenvalue weighted by Crippen LogP contribution is 2.41. The highest BCUT2D eigenvalue weighted by atomic mass is 16.6. The molecule has 4 N–H and O–H groups in total. The summed E-state index contributed by atoms with van der Waals surface area (Å²) >= 11 is 0. The number of nitrogens with two attached hydrogens (primary N) is 1. The zero-order chi connectivity index (χ0) is 22.1. The number of nitrogens with zero attached hydrogens (tertiary/aromatic N) is 4. The largest absolute Gasteiger partial charge is 0.506 e. The van der Waals surface area contributed by atoms with Gasteiger partial charge in [0.1, 0.15) is 28.4 Å². The molecule has 0 atom stereocenters. The molecule has 31 heavy (non-hydrogen) atoms. The number of primary amides is 1. The third kappa shape index (κ3) is 3.37. The summed E-state index contributed by atoms with van der Waals surface area (Å²) in [5.74, 6) is -0.142. The van der Waals surface area contributed by atoms with Crippen molar-refractivity contribution in [1.82, 2.24) is 20.0 Å². The van der Waals surface area contributed by atoms with Gasteiger partial charge in [0.2, 0.25) is 0 Å². The van der Waals surface area contributed by atoms with E-state index in [1.165, 1.54) is 25.0 Å². The molecule has 158 valence electrons. The van der Waals surface area contributed by atoms with Gasteiger partial charge in [-0.15, -0.1) is 0 Å². The Kier molecular flexibility index (Phi) is 4.91. The number of benzene rings is 2. The summed E-state index contributed by atoms with van der Waals surface area (Å²) in [4.78, 5) is 15.8. The number of carbonyl (C=O) groups excluding carboxylic acids is 1. The topological polar surface area (TPSA) is 155 Å². The predicted molar refractivity (Wildman–Crippen MR) is 109 cm³/mol. The Morgan fingerprint density at radius 2 is 1.84 bits per heavy atom. The number of hydrogen-bond donors (Lipinski definition) is 3. The summed E-state index contributed by atoms with van der Waals surface area (Å²) in [5.41, 5.74) is 6.60. The monoisotopic (exact) mass is 423 g/mol. The molecule has 0 radical (unpaired) electrons. The average molecular weight is 423 g/mol. The zero-order valence-corrected chi connectivity index (χ0v) is 16.4. The lowest BCUT2D eigenvalue weighted by molar-refractivity contribution is 0.209. The lowest BCUT2D eigenvalue weighted by Gasteiger charge is -2.14. The van der Waals surface area contributed by atoms with E-state index >= 15 is 0 Å². The fourth-order valence-electron chi connectivity index (χ4n) is 3.23. The molecule has 11 nitrogen and oxygen atoms in total. The number of aromatic nitrogens is 4. The van der Waals surface area contributed by atoms with Crippen molar-refractivity contribution in [3.8, 4) is 45.8 Å². The Labute approximate surface area is 175 Å². The van der Waals surface area contributed by atoms with Crippen LogP contribution in [-0.2, 0) is 0 Å². The average Bonchev–Trinajstić information content (AvgIpc) is 3.15. The van der Waals surface area contributed by atoms with E-state index in [0.29, 0.717) is 22.2 Å². The molecule has 0 spiro atoms. The van der Waals surface area contributed by atoms with E-state index in [2.05, 4.69) is 15.3 Å². The number of phenols is 2. The lowest BCUT2D eigenvalue weighted by atomic mass is 10.0. The summed E-state index contributed by atoms with van der Waals surface area (Å²) in [7, 11) is 2.89. The molecule has 0 fully saturated rings. The second kappa shape index (κ2) is 7.71. The van der Waals surface area contributed by atoms with Crippen molar-refractivity contribution in [2.75, 3.05) is 14.2 Å². The van der Waals surface area contributed by atoms with Crippen LogP contribution in [-0.4, -0.2) is 50.5 Å². The second-order valence-electron chi connectivity index (χ2n) is 6.30. The van der Waals surface area contributed by atoms with Gasteiger partial charge in [-0.05, 0) is 18.2 Å². The number of rotatable bonds is 5. The highest BCUT2D eigenvalue weighted by molar-refractivity contribution is 5.98.